The summed E-state index contributed by atoms with van der Waals surface area (Å²) in [5.41, 5.74) is 2.17. The number of rotatable bonds is 5. The molecule has 3 rings (SSSR count). The molecule has 1 fully saturated rings. The number of nitrogens with zero attached hydrogens (tertiary/aromatic N) is 3. The molecule has 1 aromatic carbocycles. The maximum Gasteiger partial charge on any atom is 0.242 e. The lowest BCUT2D eigenvalue weighted by molar-refractivity contribution is 0.153. The molecule has 1 N–H and O–H groups in total. The Hall–Kier alpha value is -1.80. The molecular formula is C18H24N4O2S. The maximum absolute atomic E-state index is 12.4. The molecule has 0 aliphatic carbocycles. The predicted octanol–water partition coefficient (Wildman–Crippen LogP) is 1.48. The number of pyridine rings is 1. The fourth-order valence-electron chi connectivity index (χ4n) is 3.09. The largest absolute Gasteiger partial charge is 0.314 e. The van der Waals surface area contributed by atoms with Gasteiger partial charge in [0.25, 0.3) is 0 Å². The highest BCUT2D eigenvalue weighted by atomic mass is 32.2. The third-order valence-corrected chi connectivity index (χ3v) is 6.30. The molecule has 7 heteroatoms. The van der Waals surface area contributed by atoms with Crippen LogP contribution in [0.4, 0.5) is 0 Å². The van der Waals surface area contributed by atoms with Gasteiger partial charge >= 0.3 is 0 Å². The van der Waals surface area contributed by atoms with E-state index in [1.807, 2.05) is 24.4 Å². The van der Waals surface area contributed by atoms with Gasteiger partial charge in [0.2, 0.25) is 10.0 Å². The van der Waals surface area contributed by atoms with Gasteiger partial charge in [0, 0.05) is 58.7 Å². The second kappa shape index (κ2) is 7.61. The number of aromatic nitrogens is 1. The molecule has 0 radical (unpaired) electrons. The van der Waals surface area contributed by atoms with Gasteiger partial charge in [-0.25, -0.2) is 12.7 Å². The van der Waals surface area contributed by atoms with Crippen molar-refractivity contribution in [1.82, 2.24) is 19.5 Å². The van der Waals surface area contributed by atoms with E-state index in [4.69, 9.17) is 0 Å². The fraction of sp³-hybridized carbons (Fsp3) is 0.389. The van der Waals surface area contributed by atoms with Crippen LogP contribution in [-0.4, -0.2) is 56.3 Å². The summed E-state index contributed by atoms with van der Waals surface area (Å²) in [6.07, 6.45) is 3.68. The molecular weight excluding hydrogens is 336 g/mol. The lowest BCUT2D eigenvalue weighted by Crippen LogP contribution is -2.45. The van der Waals surface area contributed by atoms with Crippen LogP contribution < -0.4 is 5.32 Å². The standard InChI is InChI=1S/C18H24N4O2S/c1-21(2)25(23,24)17-7-3-5-15(11-17)14-22-10-9-20-13-18(22)16-6-4-8-19-12-16/h3-8,11-12,18,20H,9-10,13-14H2,1-2H3. The molecule has 1 atom stereocenters. The SMILES string of the molecule is CN(C)S(=O)(=O)c1cccc(CN2CCNCC2c2cccnc2)c1. The fourth-order valence-corrected chi connectivity index (χ4v) is 4.06. The van der Waals surface area contributed by atoms with Gasteiger partial charge in [-0.05, 0) is 29.3 Å². The van der Waals surface area contributed by atoms with Crippen LogP contribution in [0.15, 0.2) is 53.7 Å². The molecule has 1 aromatic heterocycles. The first kappa shape index (κ1) is 18.0. The molecule has 1 unspecified atom stereocenters. The maximum atomic E-state index is 12.4. The van der Waals surface area contributed by atoms with Crippen LogP contribution >= 0.6 is 0 Å². The number of sulfonamides is 1. The summed E-state index contributed by atoms with van der Waals surface area (Å²) in [5.74, 6) is 0. The minimum absolute atomic E-state index is 0.233. The average Bonchev–Trinajstić information content (AvgIpc) is 2.63. The summed E-state index contributed by atoms with van der Waals surface area (Å²) in [6, 6.07) is 11.5. The Balaban J connectivity index is 1.83. The molecule has 0 amide bonds. The van der Waals surface area contributed by atoms with Crippen LogP contribution in [0, 0.1) is 0 Å². The summed E-state index contributed by atoms with van der Waals surface area (Å²) in [5, 5.41) is 3.43. The van der Waals surface area contributed by atoms with Crippen LogP contribution in [0.1, 0.15) is 17.2 Å². The van der Waals surface area contributed by atoms with Crippen molar-refractivity contribution in [3.63, 3.8) is 0 Å². The average molecular weight is 360 g/mol. The van der Waals surface area contributed by atoms with Gasteiger partial charge in [0.15, 0.2) is 0 Å². The summed E-state index contributed by atoms with van der Waals surface area (Å²) < 4.78 is 26.0. The Morgan fingerprint density at radius 3 is 2.84 bits per heavy atom. The van der Waals surface area contributed by atoms with E-state index in [0.29, 0.717) is 11.4 Å². The van der Waals surface area contributed by atoms with E-state index in [2.05, 4.69) is 21.3 Å². The van der Waals surface area contributed by atoms with Gasteiger partial charge in [-0.2, -0.15) is 0 Å². The minimum atomic E-state index is -3.41. The van der Waals surface area contributed by atoms with E-state index in [1.165, 1.54) is 9.87 Å². The molecule has 6 nitrogen and oxygen atoms in total. The molecule has 0 saturated carbocycles. The van der Waals surface area contributed by atoms with Gasteiger partial charge in [0.1, 0.15) is 0 Å². The number of hydrogen-bond donors (Lipinski definition) is 1. The van der Waals surface area contributed by atoms with Crippen molar-refractivity contribution < 1.29 is 8.42 Å². The zero-order chi connectivity index (χ0) is 17.9. The Bertz CT molecular complexity index is 809. The zero-order valence-corrected chi connectivity index (χ0v) is 15.4. The summed E-state index contributed by atoms with van der Waals surface area (Å²) >= 11 is 0. The van der Waals surface area contributed by atoms with Crippen molar-refractivity contribution in [3.05, 3.63) is 59.9 Å². The Morgan fingerprint density at radius 1 is 1.28 bits per heavy atom. The van der Waals surface area contributed by atoms with Crippen LogP contribution in [0.3, 0.4) is 0 Å². The van der Waals surface area contributed by atoms with Gasteiger partial charge in [-0.15, -0.1) is 0 Å². The molecule has 2 heterocycles. The minimum Gasteiger partial charge on any atom is -0.314 e. The summed E-state index contributed by atoms with van der Waals surface area (Å²) in [6.45, 7) is 3.40. The summed E-state index contributed by atoms with van der Waals surface area (Å²) in [7, 11) is -0.309. The highest BCUT2D eigenvalue weighted by Crippen LogP contribution is 2.24. The Kier molecular flexibility index (Phi) is 5.48. The highest BCUT2D eigenvalue weighted by molar-refractivity contribution is 7.89. The monoisotopic (exact) mass is 360 g/mol. The number of hydrogen-bond acceptors (Lipinski definition) is 5. The van der Waals surface area contributed by atoms with Crippen LogP contribution in [0.5, 0.6) is 0 Å². The topological polar surface area (TPSA) is 65.5 Å². The van der Waals surface area contributed by atoms with Gasteiger partial charge in [-0.3, -0.25) is 9.88 Å². The van der Waals surface area contributed by atoms with Crippen molar-refractivity contribution in [2.75, 3.05) is 33.7 Å². The van der Waals surface area contributed by atoms with Gasteiger partial charge < -0.3 is 5.32 Å². The quantitative estimate of drug-likeness (QED) is 0.875. The highest BCUT2D eigenvalue weighted by Gasteiger charge is 2.24. The Morgan fingerprint density at radius 2 is 2.12 bits per heavy atom. The number of piperazine rings is 1. The normalized spacial score (nSPS) is 19.2. The zero-order valence-electron chi connectivity index (χ0n) is 14.6. The predicted molar refractivity (Wildman–Crippen MR) is 97.6 cm³/mol. The third-order valence-electron chi connectivity index (χ3n) is 4.49. The number of nitrogens with one attached hydrogen (secondary N) is 1. The van der Waals surface area contributed by atoms with E-state index in [-0.39, 0.29) is 6.04 Å². The van der Waals surface area contributed by atoms with Crippen molar-refractivity contribution in [2.24, 2.45) is 0 Å². The second-order valence-corrected chi connectivity index (χ2v) is 8.56. The van der Waals surface area contributed by atoms with Crippen molar-refractivity contribution in [3.8, 4) is 0 Å². The van der Waals surface area contributed by atoms with Crippen LogP contribution in [0.25, 0.3) is 0 Å². The van der Waals surface area contributed by atoms with E-state index in [1.54, 1.807) is 32.4 Å². The van der Waals surface area contributed by atoms with E-state index in [0.717, 1.165) is 25.2 Å². The first-order valence-corrected chi connectivity index (χ1v) is 9.78. The molecule has 134 valence electrons. The van der Waals surface area contributed by atoms with Crippen LogP contribution in [0.2, 0.25) is 0 Å². The molecule has 0 spiro atoms. The van der Waals surface area contributed by atoms with E-state index >= 15 is 0 Å². The molecule has 0 bridgehead atoms. The van der Waals surface area contributed by atoms with Gasteiger partial charge in [0.05, 0.1) is 4.90 Å². The molecule has 1 aliphatic rings. The van der Waals surface area contributed by atoms with E-state index < -0.39 is 10.0 Å². The van der Waals surface area contributed by atoms with Crippen molar-refractivity contribution in [1.29, 1.82) is 0 Å². The van der Waals surface area contributed by atoms with Gasteiger partial charge in [-0.1, -0.05) is 18.2 Å². The third kappa shape index (κ3) is 4.07. The molecule has 25 heavy (non-hydrogen) atoms. The molecule has 2 aromatic rings. The molecule has 1 aliphatic heterocycles. The second-order valence-electron chi connectivity index (χ2n) is 6.41. The smallest absolute Gasteiger partial charge is 0.242 e. The first-order valence-electron chi connectivity index (χ1n) is 8.34. The summed E-state index contributed by atoms with van der Waals surface area (Å²) in [4.78, 5) is 6.93. The lowest BCUT2D eigenvalue weighted by atomic mass is 10.0. The van der Waals surface area contributed by atoms with Crippen LogP contribution in [-0.2, 0) is 16.6 Å². The van der Waals surface area contributed by atoms with Crippen molar-refractivity contribution >= 4 is 10.0 Å². The van der Waals surface area contributed by atoms with E-state index in [9.17, 15) is 8.42 Å². The number of benzene rings is 1. The molecule has 1 saturated heterocycles. The van der Waals surface area contributed by atoms with Crippen molar-refractivity contribution in [2.45, 2.75) is 17.5 Å². The first-order chi connectivity index (χ1) is 12.0. The lowest BCUT2D eigenvalue weighted by Gasteiger charge is -2.36. The Labute approximate surface area is 149 Å².